The van der Waals surface area contributed by atoms with Crippen molar-refractivity contribution in [2.45, 2.75) is 19.0 Å². The van der Waals surface area contributed by atoms with Crippen LogP contribution >= 0.6 is 0 Å². The van der Waals surface area contributed by atoms with Crippen LogP contribution in [0.5, 0.6) is 0 Å². The molecule has 0 bridgehead atoms. The summed E-state index contributed by atoms with van der Waals surface area (Å²) in [4.78, 5) is 44.1. The maximum absolute atomic E-state index is 13.5. The molecule has 2 aliphatic rings. The molecule has 0 aliphatic carbocycles. The summed E-state index contributed by atoms with van der Waals surface area (Å²) in [6.45, 7) is 1.79. The molecule has 3 heterocycles. The van der Waals surface area contributed by atoms with Gasteiger partial charge in [-0.15, -0.1) is 0 Å². The third kappa shape index (κ3) is 4.79. The highest BCUT2D eigenvalue weighted by molar-refractivity contribution is 6.06. The fraction of sp³-hybridized carbons (Fsp3) is 0.172. The fourth-order valence-electron chi connectivity index (χ4n) is 5.04. The first-order valence-electron chi connectivity index (χ1n) is 12.5. The number of furan rings is 1. The lowest BCUT2D eigenvalue weighted by molar-refractivity contribution is -0.138. The standard InChI is InChI=1S/C29H25N5O5/c35-26(36)15-24(21-2-1-3-25-22(21)10-13-39-25)34-16-18-6-9-20(14-23(18)28(34)38)32-27(37)17-4-7-19(8-5-17)33-29-30-11-12-31-29/h1-10,13-14,24H,11-12,15-16H2,(H,32,37)(H,35,36)(H2,30,31,33). The lowest BCUT2D eigenvalue weighted by Crippen LogP contribution is -2.31. The number of aliphatic imine (C=N–C) groups is 1. The molecule has 4 N–H and O–H groups in total. The van der Waals surface area contributed by atoms with Crippen LogP contribution in [-0.4, -0.2) is 46.8 Å². The third-order valence-electron chi connectivity index (χ3n) is 6.92. The average molecular weight is 524 g/mol. The summed E-state index contributed by atoms with van der Waals surface area (Å²) in [5.74, 6) is -0.899. The number of nitrogens with one attached hydrogen (secondary N) is 3. The van der Waals surface area contributed by atoms with Gasteiger partial charge in [-0.2, -0.15) is 0 Å². The van der Waals surface area contributed by atoms with Crippen molar-refractivity contribution < 1.29 is 23.9 Å². The Labute approximate surface area is 223 Å². The molecule has 6 rings (SSSR count). The Balaban J connectivity index is 1.20. The number of carbonyl (C=O) groups is 3. The molecular weight excluding hydrogens is 498 g/mol. The van der Waals surface area contributed by atoms with Crippen molar-refractivity contribution >= 4 is 46.1 Å². The van der Waals surface area contributed by atoms with E-state index in [2.05, 4.69) is 20.9 Å². The molecule has 10 nitrogen and oxygen atoms in total. The first-order chi connectivity index (χ1) is 19.0. The normalized spacial score (nSPS) is 15.0. The zero-order chi connectivity index (χ0) is 26.9. The number of guanidine groups is 1. The summed E-state index contributed by atoms with van der Waals surface area (Å²) in [6.07, 6.45) is 1.30. The van der Waals surface area contributed by atoms with Crippen molar-refractivity contribution in [3.05, 3.63) is 95.2 Å². The SMILES string of the molecule is O=C(O)CC(c1cccc2occc12)N1Cc2ccc(NC(=O)c3ccc(NC4=NCCN4)cc3)cc2C1=O. The molecule has 0 radical (unpaired) electrons. The first-order valence-corrected chi connectivity index (χ1v) is 12.5. The van der Waals surface area contributed by atoms with Crippen LogP contribution in [0.25, 0.3) is 11.0 Å². The molecule has 10 heteroatoms. The summed E-state index contributed by atoms with van der Waals surface area (Å²) in [5, 5.41) is 19.6. The number of fused-ring (bicyclic) bond motifs is 2. The second-order valence-corrected chi connectivity index (χ2v) is 9.41. The Morgan fingerprint density at radius 1 is 1.08 bits per heavy atom. The summed E-state index contributed by atoms with van der Waals surface area (Å²) in [6, 6.07) is 18.7. The third-order valence-corrected chi connectivity index (χ3v) is 6.92. The van der Waals surface area contributed by atoms with Gasteiger partial charge in [0.25, 0.3) is 11.8 Å². The number of carboxylic acids is 1. The zero-order valence-electron chi connectivity index (χ0n) is 20.8. The van der Waals surface area contributed by atoms with E-state index in [1.165, 1.54) is 0 Å². The van der Waals surface area contributed by atoms with Gasteiger partial charge in [-0.3, -0.25) is 19.4 Å². The van der Waals surface area contributed by atoms with E-state index in [1.54, 1.807) is 71.8 Å². The second kappa shape index (κ2) is 9.97. The highest BCUT2D eigenvalue weighted by Gasteiger charge is 2.35. The topological polar surface area (TPSA) is 136 Å². The van der Waals surface area contributed by atoms with Gasteiger partial charge in [0.05, 0.1) is 25.3 Å². The number of hydrogen-bond donors (Lipinski definition) is 4. The first kappa shape index (κ1) is 24.2. The molecule has 3 aromatic carbocycles. The van der Waals surface area contributed by atoms with Crippen LogP contribution in [0.3, 0.4) is 0 Å². The highest BCUT2D eigenvalue weighted by atomic mass is 16.4. The molecule has 0 saturated heterocycles. The predicted octanol–water partition coefficient (Wildman–Crippen LogP) is 4.23. The summed E-state index contributed by atoms with van der Waals surface area (Å²) in [5.41, 5.74) is 4.30. The van der Waals surface area contributed by atoms with Crippen LogP contribution in [0.1, 0.15) is 44.3 Å². The van der Waals surface area contributed by atoms with Gasteiger partial charge in [0.15, 0.2) is 5.96 Å². The van der Waals surface area contributed by atoms with E-state index in [1.807, 2.05) is 6.07 Å². The van der Waals surface area contributed by atoms with Crippen molar-refractivity contribution in [1.29, 1.82) is 0 Å². The van der Waals surface area contributed by atoms with E-state index in [9.17, 15) is 19.5 Å². The monoisotopic (exact) mass is 523 g/mol. The lowest BCUT2D eigenvalue weighted by atomic mass is 9.98. The molecule has 1 unspecified atom stereocenters. The van der Waals surface area contributed by atoms with Crippen LogP contribution in [-0.2, 0) is 11.3 Å². The molecular formula is C29H25N5O5. The Morgan fingerprint density at radius 2 is 1.90 bits per heavy atom. The highest BCUT2D eigenvalue weighted by Crippen LogP contribution is 2.37. The smallest absolute Gasteiger partial charge is 0.305 e. The minimum atomic E-state index is -1.01. The molecule has 0 saturated carbocycles. The summed E-state index contributed by atoms with van der Waals surface area (Å²) >= 11 is 0. The quantitative estimate of drug-likeness (QED) is 0.285. The van der Waals surface area contributed by atoms with Gasteiger partial charge in [0.1, 0.15) is 5.58 Å². The second-order valence-electron chi connectivity index (χ2n) is 9.41. The van der Waals surface area contributed by atoms with Gasteiger partial charge in [-0.25, -0.2) is 0 Å². The molecule has 4 aromatic rings. The van der Waals surface area contributed by atoms with E-state index >= 15 is 0 Å². The zero-order valence-corrected chi connectivity index (χ0v) is 20.8. The minimum Gasteiger partial charge on any atom is -0.481 e. The van der Waals surface area contributed by atoms with Crippen LogP contribution in [0, 0.1) is 0 Å². The van der Waals surface area contributed by atoms with Crippen LogP contribution < -0.4 is 16.0 Å². The Bertz CT molecular complexity index is 1620. The predicted molar refractivity (Wildman–Crippen MR) is 146 cm³/mol. The van der Waals surface area contributed by atoms with Gasteiger partial charge in [0.2, 0.25) is 0 Å². The van der Waals surface area contributed by atoms with E-state index in [4.69, 9.17) is 4.42 Å². The number of benzene rings is 3. The van der Waals surface area contributed by atoms with Crippen molar-refractivity contribution in [3.8, 4) is 0 Å². The van der Waals surface area contributed by atoms with Crippen molar-refractivity contribution in [3.63, 3.8) is 0 Å². The average Bonchev–Trinajstić information content (AvgIpc) is 3.69. The number of amides is 2. The van der Waals surface area contributed by atoms with Crippen LogP contribution in [0.4, 0.5) is 11.4 Å². The number of hydrogen-bond acceptors (Lipinski definition) is 7. The van der Waals surface area contributed by atoms with Gasteiger partial charge in [0, 0.05) is 41.0 Å². The molecule has 1 atom stereocenters. The van der Waals surface area contributed by atoms with Gasteiger partial charge in [-0.05, 0) is 59.7 Å². The Morgan fingerprint density at radius 3 is 2.67 bits per heavy atom. The number of carbonyl (C=O) groups excluding carboxylic acids is 2. The minimum absolute atomic E-state index is 0.248. The number of aliphatic carboxylic acids is 1. The maximum Gasteiger partial charge on any atom is 0.305 e. The van der Waals surface area contributed by atoms with E-state index in [-0.39, 0.29) is 24.8 Å². The molecule has 1 aromatic heterocycles. The van der Waals surface area contributed by atoms with E-state index in [0.717, 1.165) is 29.7 Å². The van der Waals surface area contributed by atoms with Crippen molar-refractivity contribution in [2.75, 3.05) is 23.7 Å². The van der Waals surface area contributed by atoms with Crippen LogP contribution in [0.15, 0.2) is 82.4 Å². The molecule has 2 aliphatic heterocycles. The molecule has 39 heavy (non-hydrogen) atoms. The number of anilines is 2. The summed E-state index contributed by atoms with van der Waals surface area (Å²) < 4.78 is 5.49. The fourth-order valence-corrected chi connectivity index (χ4v) is 5.04. The van der Waals surface area contributed by atoms with Gasteiger partial charge in [-0.1, -0.05) is 18.2 Å². The maximum atomic E-state index is 13.5. The van der Waals surface area contributed by atoms with Gasteiger partial charge < -0.3 is 30.4 Å². The van der Waals surface area contributed by atoms with E-state index in [0.29, 0.717) is 33.9 Å². The van der Waals surface area contributed by atoms with Gasteiger partial charge >= 0.3 is 5.97 Å². The Hall–Kier alpha value is -5.12. The molecule has 2 amide bonds. The summed E-state index contributed by atoms with van der Waals surface area (Å²) in [7, 11) is 0. The van der Waals surface area contributed by atoms with Crippen molar-refractivity contribution in [2.24, 2.45) is 4.99 Å². The number of nitrogens with zero attached hydrogens (tertiary/aromatic N) is 2. The largest absolute Gasteiger partial charge is 0.481 e. The van der Waals surface area contributed by atoms with E-state index < -0.39 is 12.0 Å². The number of rotatable bonds is 7. The van der Waals surface area contributed by atoms with Crippen molar-refractivity contribution in [1.82, 2.24) is 10.2 Å². The van der Waals surface area contributed by atoms with Crippen LogP contribution in [0.2, 0.25) is 0 Å². The molecule has 0 spiro atoms. The molecule has 196 valence electrons. The molecule has 0 fully saturated rings. The lowest BCUT2D eigenvalue weighted by Gasteiger charge is -2.27. The Kier molecular flexibility index (Phi) is 6.20. The number of carboxylic acid groups (broad SMARTS) is 1.